The first kappa shape index (κ1) is 30.6. The predicted octanol–water partition coefficient (Wildman–Crippen LogP) is 8.82. The molecule has 9 heteroatoms. The minimum absolute atomic E-state index is 0.162. The van der Waals surface area contributed by atoms with E-state index in [0.717, 1.165) is 56.9 Å². The van der Waals surface area contributed by atoms with Crippen LogP contribution < -0.4 is 9.47 Å². The summed E-state index contributed by atoms with van der Waals surface area (Å²) in [5.41, 5.74) is 0.843. The molecule has 2 fully saturated rings. The standard InChI is InChI=1S/C31H39F5O4/c1-2-37-26-19-11-25(12-20-26)30(32,33)39-28-17-9-24(10-18-28)21-38-27-13-5-22(6-14-27)3-4-23-7-15-29(16-8-23)40-31(34,35)36/h7-8,11-12,15-16,19-20,22,24,27-28H,2-6,9-10,13-14,17-18,21H2,1H3. The minimum atomic E-state index is -4.67. The van der Waals surface area contributed by atoms with Crippen molar-refractivity contribution in [3.8, 4) is 11.5 Å². The van der Waals surface area contributed by atoms with Crippen molar-refractivity contribution in [3.05, 3.63) is 59.7 Å². The Labute approximate surface area is 233 Å². The number of benzene rings is 2. The van der Waals surface area contributed by atoms with Crippen LogP contribution in [0.1, 0.15) is 75.8 Å². The second kappa shape index (κ2) is 14.0. The Balaban J connectivity index is 1.09. The van der Waals surface area contributed by atoms with Crippen molar-refractivity contribution in [2.24, 2.45) is 11.8 Å². The number of ether oxygens (including phenoxy) is 4. The van der Waals surface area contributed by atoms with E-state index < -0.39 is 18.6 Å². The third kappa shape index (κ3) is 9.61. The fourth-order valence-corrected chi connectivity index (χ4v) is 5.69. The maximum Gasteiger partial charge on any atom is 0.573 e. The molecule has 0 heterocycles. The van der Waals surface area contributed by atoms with E-state index in [1.165, 1.54) is 36.4 Å². The van der Waals surface area contributed by atoms with Gasteiger partial charge < -0.3 is 18.9 Å². The van der Waals surface area contributed by atoms with E-state index in [4.69, 9.17) is 14.2 Å². The summed E-state index contributed by atoms with van der Waals surface area (Å²) >= 11 is 0. The molecule has 2 aromatic rings. The topological polar surface area (TPSA) is 36.9 Å². The van der Waals surface area contributed by atoms with E-state index in [1.807, 2.05) is 6.92 Å². The summed E-state index contributed by atoms with van der Waals surface area (Å²) in [6.07, 6.45) is 0.520. The first-order valence-corrected chi connectivity index (χ1v) is 14.3. The fraction of sp³-hybridized carbons (Fsp3) is 0.613. The van der Waals surface area contributed by atoms with Gasteiger partial charge in [-0.15, -0.1) is 13.2 Å². The Morgan fingerprint density at radius 2 is 1.27 bits per heavy atom. The van der Waals surface area contributed by atoms with E-state index >= 15 is 0 Å². The lowest BCUT2D eigenvalue weighted by Crippen LogP contribution is -2.31. The highest BCUT2D eigenvalue weighted by atomic mass is 19.4. The molecule has 0 aromatic heterocycles. The zero-order chi connectivity index (χ0) is 28.6. The van der Waals surface area contributed by atoms with Crippen LogP contribution in [0.5, 0.6) is 11.5 Å². The second-order valence-electron chi connectivity index (χ2n) is 10.9. The highest BCUT2D eigenvalue weighted by Gasteiger charge is 2.37. The first-order valence-electron chi connectivity index (χ1n) is 14.3. The number of hydrogen-bond donors (Lipinski definition) is 0. The Bertz CT molecular complexity index is 1010. The van der Waals surface area contributed by atoms with Gasteiger partial charge in [-0.05, 0) is 125 Å². The van der Waals surface area contributed by atoms with Crippen LogP contribution in [0.4, 0.5) is 22.0 Å². The van der Waals surface area contributed by atoms with Gasteiger partial charge in [-0.2, -0.15) is 8.78 Å². The number of rotatable bonds is 12. The molecular weight excluding hydrogens is 531 g/mol. The van der Waals surface area contributed by atoms with Crippen molar-refractivity contribution in [2.45, 2.75) is 95.8 Å². The summed E-state index contributed by atoms with van der Waals surface area (Å²) in [6.45, 7) is 2.98. The molecule has 0 aliphatic heterocycles. The molecule has 4 nitrogen and oxygen atoms in total. The molecule has 0 N–H and O–H groups in total. The maximum absolute atomic E-state index is 14.7. The van der Waals surface area contributed by atoms with Gasteiger partial charge in [0.1, 0.15) is 11.5 Å². The molecule has 0 spiro atoms. The molecule has 0 amide bonds. The number of hydrogen-bond acceptors (Lipinski definition) is 4. The minimum Gasteiger partial charge on any atom is -0.494 e. The zero-order valence-corrected chi connectivity index (χ0v) is 22.9. The van der Waals surface area contributed by atoms with Gasteiger partial charge in [0.25, 0.3) is 0 Å². The van der Waals surface area contributed by atoms with Crippen molar-refractivity contribution in [1.82, 2.24) is 0 Å². The molecule has 0 saturated heterocycles. The average molecular weight is 571 g/mol. The smallest absolute Gasteiger partial charge is 0.494 e. The zero-order valence-electron chi connectivity index (χ0n) is 22.9. The van der Waals surface area contributed by atoms with Gasteiger partial charge in [0.15, 0.2) is 0 Å². The van der Waals surface area contributed by atoms with E-state index in [0.29, 0.717) is 43.6 Å². The normalized spacial score (nSPS) is 24.1. The van der Waals surface area contributed by atoms with Gasteiger partial charge in [-0.25, -0.2) is 0 Å². The maximum atomic E-state index is 14.7. The number of alkyl halides is 5. The molecule has 0 atom stereocenters. The Kier molecular flexibility index (Phi) is 10.7. The third-order valence-electron chi connectivity index (χ3n) is 7.97. The summed E-state index contributed by atoms with van der Waals surface area (Å²) in [6, 6.07) is 11.9. The molecule has 2 aliphatic rings. The summed E-state index contributed by atoms with van der Waals surface area (Å²) in [5.74, 6) is 1.30. The summed E-state index contributed by atoms with van der Waals surface area (Å²) in [4.78, 5) is 0. The SMILES string of the molecule is CCOc1ccc(C(F)(F)OC2CCC(COC3CCC(CCc4ccc(OC(F)(F)F)cc4)CC3)CC2)cc1. The van der Waals surface area contributed by atoms with Crippen LogP contribution in [-0.2, 0) is 22.0 Å². The quantitative estimate of drug-likeness (QED) is 0.239. The molecule has 0 radical (unpaired) electrons. The largest absolute Gasteiger partial charge is 0.573 e. The van der Waals surface area contributed by atoms with Gasteiger partial charge in [-0.3, -0.25) is 0 Å². The lowest BCUT2D eigenvalue weighted by atomic mass is 9.83. The van der Waals surface area contributed by atoms with Crippen LogP contribution in [0.15, 0.2) is 48.5 Å². The molecule has 2 aliphatic carbocycles. The molecule has 222 valence electrons. The molecule has 2 saturated carbocycles. The van der Waals surface area contributed by atoms with E-state index in [-0.39, 0.29) is 17.4 Å². The summed E-state index contributed by atoms with van der Waals surface area (Å²) in [7, 11) is 0. The van der Waals surface area contributed by atoms with E-state index in [1.54, 1.807) is 12.1 Å². The number of aryl methyl sites for hydroxylation is 1. The van der Waals surface area contributed by atoms with Crippen molar-refractivity contribution in [2.75, 3.05) is 13.2 Å². The first-order chi connectivity index (χ1) is 19.1. The predicted molar refractivity (Wildman–Crippen MR) is 141 cm³/mol. The van der Waals surface area contributed by atoms with Gasteiger partial charge in [-0.1, -0.05) is 12.1 Å². The highest BCUT2D eigenvalue weighted by molar-refractivity contribution is 5.29. The highest BCUT2D eigenvalue weighted by Crippen LogP contribution is 2.37. The van der Waals surface area contributed by atoms with Crippen molar-refractivity contribution in [1.29, 1.82) is 0 Å². The van der Waals surface area contributed by atoms with Crippen LogP contribution in [-0.4, -0.2) is 31.8 Å². The van der Waals surface area contributed by atoms with Crippen LogP contribution >= 0.6 is 0 Å². The summed E-state index contributed by atoms with van der Waals surface area (Å²) < 4.78 is 87.0. The Hall–Kier alpha value is -2.39. The number of halogens is 5. The Morgan fingerprint density at radius 3 is 1.88 bits per heavy atom. The lowest BCUT2D eigenvalue weighted by Gasteiger charge is -2.33. The monoisotopic (exact) mass is 570 g/mol. The van der Waals surface area contributed by atoms with Gasteiger partial charge in [0.05, 0.1) is 24.4 Å². The molecule has 4 rings (SSSR count). The van der Waals surface area contributed by atoms with Crippen molar-refractivity contribution >= 4 is 0 Å². The van der Waals surface area contributed by atoms with Crippen LogP contribution in [0.25, 0.3) is 0 Å². The Morgan fingerprint density at radius 1 is 0.700 bits per heavy atom. The molecule has 2 aromatic carbocycles. The molecule has 0 unspecified atom stereocenters. The second-order valence-corrected chi connectivity index (χ2v) is 10.9. The van der Waals surface area contributed by atoms with Crippen molar-refractivity contribution < 1.29 is 40.9 Å². The lowest BCUT2D eigenvalue weighted by molar-refractivity contribution is -0.278. The van der Waals surface area contributed by atoms with Gasteiger partial charge in [0.2, 0.25) is 0 Å². The van der Waals surface area contributed by atoms with E-state index in [2.05, 4.69) is 4.74 Å². The average Bonchev–Trinajstić information content (AvgIpc) is 2.92. The van der Waals surface area contributed by atoms with Crippen LogP contribution in [0.3, 0.4) is 0 Å². The summed E-state index contributed by atoms with van der Waals surface area (Å²) in [5, 5.41) is 0. The van der Waals surface area contributed by atoms with Gasteiger partial charge >= 0.3 is 12.5 Å². The van der Waals surface area contributed by atoms with Crippen LogP contribution in [0.2, 0.25) is 0 Å². The van der Waals surface area contributed by atoms with Gasteiger partial charge in [0, 0.05) is 6.61 Å². The fourth-order valence-electron chi connectivity index (χ4n) is 5.69. The van der Waals surface area contributed by atoms with E-state index in [9.17, 15) is 22.0 Å². The molecule has 0 bridgehead atoms. The van der Waals surface area contributed by atoms with Crippen molar-refractivity contribution in [3.63, 3.8) is 0 Å². The third-order valence-corrected chi connectivity index (χ3v) is 7.97. The molecule has 40 heavy (non-hydrogen) atoms. The van der Waals surface area contributed by atoms with Crippen LogP contribution in [0, 0.1) is 11.8 Å². The molecular formula is C31H39F5O4.